The van der Waals surface area contributed by atoms with Gasteiger partial charge in [0.2, 0.25) is 0 Å². The van der Waals surface area contributed by atoms with Crippen molar-refractivity contribution in [2.75, 3.05) is 0 Å². The molecule has 0 unspecified atom stereocenters. The summed E-state index contributed by atoms with van der Waals surface area (Å²) >= 11 is 0. The van der Waals surface area contributed by atoms with E-state index in [1.54, 1.807) is 6.07 Å². The van der Waals surface area contributed by atoms with Crippen LogP contribution in [0.2, 0.25) is 0 Å². The van der Waals surface area contributed by atoms with E-state index >= 15 is 0 Å². The number of fused-ring (bicyclic) bond motifs is 1. The van der Waals surface area contributed by atoms with Crippen LogP contribution in [0.1, 0.15) is 18.1 Å². The molecule has 72 valence electrons. The first-order valence-electron chi connectivity index (χ1n) is 4.90. The zero-order valence-electron chi connectivity index (χ0n) is 8.47. The maximum absolute atomic E-state index is 13.6. The molecule has 1 heteroatoms. The average Bonchev–Trinajstić information content (AvgIpc) is 2.19. The standard InChI is InChI=1S/C13H13F/c1-3-11-9(2)7-8-10-5-4-6-12(14)13(10)11/h4-8H,3H2,1-2H3. The third-order valence-electron chi connectivity index (χ3n) is 2.69. The van der Waals surface area contributed by atoms with Gasteiger partial charge in [-0.15, -0.1) is 0 Å². The molecule has 0 aromatic heterocycles. The van der Waals surface area contributed by atoms with Crippen molar-refractivity contribution in [1.29, 1.82) is 0 Å². The van der Waals surface area contributed by atoms with Gasteiger partial charge in [-0.25, -0.2) is 4.39 Å². The van der Waals surface area contributed by atoms with Gasteiger partial charge in [0.15, 0.2) is 0 Å². The van der Waals surface area contributed by atoms with Crippen LogP contribution in [0.5, 0.6) is 0 Å². The Balaban J connectivity index is 2.91. The highest BCUT2D eigenvalue weighted by atomic mass is 19.1. The predicted molar refractivity (Wildman–Crippen MR) is 58.0 cm³/mol. The van der Waals surface area contributed by atoms with Crippen LogP contribution >= 0.6 is 0 Å². The summed E-state index contributed by atoms with van der Waals surface area (Å²) in [6.45, 7) is 4.10. The molecule has 0 bridgehead atoms. The molecule has 2 rings (SSSR count). The van der Waals surface area contributed by atoms with Gasteiger partial charge in [0.1, 0.15) is 5.82 Å². The van der Waals surface area contributed by atoms with Crippen LogP contribution in [0, 0.1) is 12.7 Å². The van der Waals surface area contributed by atoms with Crippen LogP contribution in [0.15, 0.2) is 30.3 Å². The molecule has 14 heavy (non-hydrogen) atoms. The highest BCUT2D eigenvalue weighted by Gasteiger charge is 2.06. The Morgan fingerprint density at radius 2 is 1.93 bits per heavy atom. The van der Waals surface area contributed by atoms with Gasteiger partial charge < -0.3 is 0 Å². The van der Waals surface area contributed by atoms with Crippen molar-refractivity contribution in [3.8, 4) is 0 Å². The molecule has 0 heterocycles. The smallest absolute Gasteiger partial charge is 0.131 e. The van der Waals surface area contributed by atoms with Crippen LogP contribution < -0.4 is 0 Å². The molecular weight excluding hydrogens is 175 g/mol. The summed E-state index contributed by atoms with van der Waals surface area (Å²) in [6.07, 6.45) is 0.879. The second kappa shape index (κ2) is 3.41. The summed E-state index contributed by atoms with van der Waals surface area (Å²) in [5.74, 6) is -0.108. The van der Waals surface area contributed by atoms with Crippen molar-refractivity contribution in [2.45, 2.75) is 20.3 Å². The highest BCUT2D eigenvalue weighted by molar-refractivity contribution is 5.87. The van der Waals surface area contributed by atoms with Gasteiger partial charge in [0, 0.05) is 5.39 Å². The number of rotatable bonds is 1. The number of halogens is 1. The van der Waals surface area contributed by atoms with E-state index in [0.29, 0.717) is 0 Å². The minimum atomic E-state index is -0.108. The molecule has 0 fully saturated rings. The zero-order chi connectivity index (χ0) is 10.1. The molecule has 0 aliphatic carbocycles. The Hall–Kier alpha value is -1.37. The van der Waals surface area contributed by atoms with Crippen LogP contribution in [0.25, 0.3) is 10.8 Å². The lowest BCUT2D eigenvalue weighted by Gasteiger charge is -2.08. The molecule has 0 spiro atoms. The molecule has 0 nitrogen and oxygen atoms in total. The van der Waals surface area contributed by atoms with Crippen LogP contribution in [-0.2, 0) is 6.42 Å². The summed E-state index contributed by atoms with van der Waals surface area (Å²) in [5.41, 5.74) is 2.30. The Kier molecular flexibility index (Phi) is 2.24. The van der Waals surface area contributed by atoms with E-state index in [-0.39, 0.29) is 5.82 Å². The monoisotopic (exact) mass is 188 g/mol. The predicted octanol–water partition coefficient (Wildman–Crippen LogP) is 3.85. The second-order valence-electron chi connectivity index (χ2n) is 3.55. The van der Waals surface area contributed by atoms with E-state index in [9.17, 15) is 4.39 Å². The summed E-state index contributed by atoms with van der Waals surface area (Å²) in [4.78, 5) is 0. The normalized spacial score (nSPS) is 10.8. The molecule has 0 saturated heterocycles. The topological polar surface area (TPSA) is 0 Å². The van der Waals surface area contributed by atoms with E-state index in [1.165, 1.54) is 11.6 Å². The summed E-state index contributed by atoms with van der Waals surface area (Å²) in [7, 11) is 0. The number of benzene rings is 2. The lowest BCUT2D eigenvalue weighted by molar-refractivity contribution is 0.638. The minimum Gasteiger partial charge on any atom is -0.206 e. The SMILES string of the molecule is CCc1c(C)ccc2cccc(F)c12. The molecule has 2 aromatic carbocycles. The van der Waals surface area contributed by atoms with Crippen molar-refractivity contribution < 1.29 is 4.39 Å². The van der Waals surface area contributed by atoms with Crippen LogP contribution in [-0.4, -0.2) is 0 Å². The number of aryl methyl sites for hydroxylation is 2. The van der Waals surface area contributed by atoms with Crippen LogP contribution in [0.3, 0.4) is 0 Å². The van der Waals surface area contributed by atoms with Crippen molar-refractivity contribution in [1.82, 2.24) is 0 Å². The fourth-order valence-electron chi connectivity index (χ4n) is 1.97. The Morgan fingerprint density at radius 1 is 1.14 bits per heavy atom. The molecule has 0 amide bonds. The third-order valence-corrected chi connectivity index (χ3v) is 2.69. The largest absolute Gasteiger partial charge is 0.206 e. The molecule has 0 saturated carbocycles. The van der Waals surface area contributed by atoms with Gasteiger partial charge in [-0.05, 0) is 35.9 Å². The van der Waals surface area contributed by atoms with Gasteiger partial charge >= 0.3 is 0 Å². The summed E-state index contributed by atoms with van der Waals surface area (Å²) in [5, 5.41) is 1.78. The van der Waals surface area contributed by atoms with Crippen LogP contribution in [0.4, 0.5) is 4.39 Å². The highest BCUT2D eigenvalue weighted by Crippen LogP contribution is 2.25. The third kappa shape index (κ3) is 1.29. The van der Waals surface area contributed by atoms with E-state index in [4.69, 9.17) is 0 Å². The lowest BCUT2D eigenvalue weighted by Crippen LogP contribution is -1.91. The van der Waals surface area contributed by atoms with Crippen molar-refractivity contribution in [3.05, 3.63) is 47.3 Å². The fourth-order valence-corrected chi connectivity index (χ4v) is 1.97. The fraction of sp³-hybridized carbons (Fsp3) is 0.231. The number of hydrogen-bond acceptors (Lipinski definition) is 0. The van der Waals surface area contributed by atoms with E-state index in [0.717, 1.165) is 22.8 Å². The first-order valence-corrected chi connectivity index (χ1v) is 4.90. The van der Waals surface area contributed by atoms with Gasteiger partial charge in [0.05, 0.1) is 0 Å². The van der Waals surface area contributed by atoms with E-state index < -0.39 is 0 Å². The first kappa shape index (κ1) is 9.20. The maximum atomic E-state index is 13.6. The van der Waals surface area contributed by atoms with Crippen molar-refractivity contribution in [2.24, 2.45) is 0 Å². The summed E-state index contributed by atoms with van der Waals surface area (Å²) in [6, 6.07) is 9.28. The average molecular weight is 188 g/mol. The van der Waals surface area contributed by atoms with E-state index in [2.05, 4.69) is 13.0 Å². The van der Waals surface area contributed by atoms with Crippen molar-refractivity contribution >= 4 is 10.8 Å². The molecule has 0 N–H and O–H groups in total. The van der Waals surface area contributed by atoms with Gasteiger partial charge in [0.25, 0.3) is 0 Å². The van der Waals surface area contributed by atoms with Crippen molar-refractivity contribution in [3.63, 3.8) is 0 Å². The first-order chi connectivity index (χ1) is 6.74. The van der Waals surface area contributed by atoms with Gasteiger partial charge in [-0.1, -0.05) is 31.2 Å². The summed E-state index contributed by atoms with van der Waals surface area (Å²) < 4.78 is 13.6. The molecule has 0 aliphatic rings. The Morgan fingerprint density at radius 3 is 2.64 bits per heavy atom. The lowest BCUT2D eigenvalue weighted by atomic mass is 9.98. The van der Waals surface area contributed by atoms with E-state index in [1.807, 2.05) is 19.1 Å². The second-order valence-corrected chi connectivity index (χ2v) is 3.55. The quantitative estimate of drug-likeness (QED) is 0.637. The molecular formula is C13H13F. The Bertz CT molecular complexity index is 472. The molecule has 2 aromatic rings. The number of hydrogen-bond donors (Lipinski definition) is 0. The zero-order valence-corrected chi connectivity index (χ0v) is 8.47. The maximum Gasteiger partial charge on any atom is 0.131 e. The Labute approximate surface area is 83.4 Å². The minimum absolute atomic E-state index is 0.108. The molecule has 0 aliphatic heterocycles. The van der Waals surface area contributed by atoms with Gasteiger partial charge in [-0.3, -0.25) is 0 Å². The molecule has 0 atom stereocenters. The van der Waals surface area contributed by atoms with Gasteiger partial charge in [-0.2, -0.15) is 0 Å². The molecule has 0 radical (unpaired) electrons.